The maximum Gasteiger partial charge on any atom is -0.00989 e. The van der Waals surface area contributed by atoms with Gasteiger partial charge in [-0.05, 0) is 55.9 Å². The maximum absolute atomic E-state index is 2.33. The first-order valence-electron chi connectivity index (χ1n) is 7.58. The Morgan fingerprint density at radius 3 is 2.10 bits per heavy atom. The number of hydrogen-bond donors (Lipinski definition) is 0. The second kappa shape index (κ2) is 4.60. The molecule has 0 bridgehead atoms. The third-order valence-electron chi connectivity index (χ3n) is 4.40. The number of fused-ring (bicyclic) bond motifs is 4. The van der Waals surface area contributed by atoms with Gasteiger partial charge in [0.1, 0.15) is 0 Å². The first-order valence-corrected chi connectivity index (χ1v) is 7.58. The van der Waals surface area contributed by atoms with Crippen LogP contribution in [0.3, 0.4) is 0 Å². The molecule has 0 nitrogen and oxygen atoms in total. The zero-order valence-corrected chi connectivity index (χ0v) is 12.4. The summed E-state index contributed by atoms with van der Waals surface area (Å²) in [4.78, 5) is 0. The Hall–Kier alpha value is -2.34. The van der Waals surface area contributed by atoms with Crippen LogP contribution in [0.2, 0.25) is 0 Å². The Labute approximate surface area is 125 Å². The lowest BCUT2D eigenvalue weighted by Crippen LogP contribution is -1.89. The Balaban J connectivity index is 2.18. The lowest BCUT2D eigenvalue weighted by molar-refractivity contribution is 0.876. The molecule has 102 valence electrons. The molecule has 0 fully saturated rings. The molecule has 0 unspecified atom stereocenters. The van der Waals surface area contributed by atoms with Crippen molar-refractivity contribution in [3.05, 3.63) is 72.3 Å². The highest BCUT2D eigenvalue weighted by Crippen LogP contribution is 2.33. The van der Waals surface area contributed by atoms with E-state index >= 15 is 0 Å². The van der Waals surface area contributed by atoms with E-state index in [9.17, 15) is 0 Å². The van der Waals surface area contributed by atoms with Crippen molar-refractivity contribution in [3.63, 3.8) is 0 Å². The molecule has 4 aromatic rings. The molecule has 0 aliphatic heterocycles. The van der Waals surface area contributed by atoms with Crippen LogP contribution in [0.25, 0.3) is 32.3 Å². The summed E-state index contributed by atoms with van der Waals surface area (Å²) in [7, 11) is 0. The SMILES string of the molecule is CC(C)c1cccc2c1ccc1cc3ccccc3cc12. The average Bonchev–Trinajstić information content (AvgIpc) is 2.52. The molecule has 0 saturated carbocycles. The van der Waals surface area contributed by atoms with Crippen LogP contribution in [0, 0.1) is 0 Å². The van der Waals surface area contributed by atoms with Gasteiger partial charge in [-0.1, -0.05) is 68.4 Å². The number of rotatable bonds is 1. The fourth-order valence-corrected chi connectivity index (χ4v) is 3.31. The largest absolute Gasteiger partial charge is 0.0616 e. The average molecular weight is 270 g/mol. The first kappa shape index (κ1) is 12.4. The van der Waals surface area contributed by atoms with Crippen molar-refractivity contribution < 1.29 is 0 Å². The molecule has 0 radical (unpaired) electrons. The van der Waals surface area contributed by atoms with Gasteiger partial charge in [0.15, 0.2) is 0 Å². The Morgan fingerprint density at radius 1 is 0.571 bits per heavy atom. The number of benzene rings is 4. The lowest BCUT2D eigenvalue weighted by atomic mass is 9.92. The molecule has 4 rings (SSSR count). The van der Waals surface area contributed by atoms with Gasteiger partial charge >= 0.3 is 0 Å². The monoisotopic (exact) mass is 270 g/mol. The Morgan fingerprint density at radius 2 is 1.33 bits per heavy atom. The van der Waals surface area contributed by atoms with Crippen molar-refractivity contribution in [1.29, 1.82) is 0 Å². The van der Waals surface area contributed by atoms with E-state index in [-0.39, 0.29) is 0 Å². The molecule has 0 saturated heterocycles. The first-order chi connectivity index (χ1) is 10.2. The minimum atomic E-state index is 0.548. The second-order valence-corrected chi connectivity index (χ2v) is 6.08. The minimum Gasteiger partial charge on any atom is -0.0616 e. The Kier molecular flexibility index (Phi) is 2.71. The van der Waals surface area contributed by atoms with Gasteiger partial charge in [-0.3, -0.25) is 0 Å². The molecular formula is C21H18. The van der Waals surface area contributed by atoms with E-state index in [0.717, 1.165) is 0 Å². The summed E-state index contributed by atoms with van der Waals surface area (Å²) in [6.45, 7) is 4.53. The summed E-state index contributed by atoms with van der Waals surface area (Å²) < 4.78 is 0. The van der Waals surface area contributed by atoms with Crippen LogP contribution in [0.5, 0.6) is 0 Å². The van der Waals surface area contributed by atoms with E-state index < -0.39 is 0 Å². The van der Waals surface area contributed by atoms with Gasteiger partial charge in [0, 0.05) is 0 Å². The van der Waals surface area contributed by atoms with Crippen LogP contribution < -0.4 is 0 Å². The fourth-order valence-electron chi connectivity index (χ4n) is 3.31. The third-order valence-corrected chi connectivity index (χ3v) is 4.40. The fraction of sp³-hybridized carbons (Fsp3) is 0.143. The van der Waals surface area contributed by atoms with E-state index in [1.165, 1.54) is 37.9 Å². The molecule has 0 heteroatoms. The highest BCUT2D eigenvalue weighted by molar-refractivity contribution is 6.12. The van der Waals surface area contributed by atoms with Gasteiger partial charge in [0.05, 0.1) is 0 Å². The quantitative estimate of drug-likeness (QED) is 0.282. The molecule has 0 aliphatic carbocycles. The molecule has 4 aromatic carbocycles. The van der Waals surface area contributed by atoms with Gasteiger partial charge in [-0.25, -0.2) is 0 Å². The smallest absolute Gasteiger partial charge is 0.00989 e. The molecule has 0 heterocycles. The third kappa shape index (κ3) is 1.91. The van der Waals surface area contributed by atoms with Gasteiger partial charge < -0.3 is 0 Å². The van der Waals surface area contributed by atoms with E-state index in [1.807, 2.05) is 0 Å². The van der Waals surface area contributed by atoms with Gasteiger partial charge in [0.2, 0.25) is 0 Å². The van der Waals surface area contributed by atoms with E-state index in [4.69, 9.17) is 0 Å². The van der Waals surface area contributed by atoms with Crippen LogP contribution >= 0.6 is 0 Å². The standard InChI is InChI=1S/C21H18/c1-14(2)18-8-5-9-19-20(18)11-10-17-12-15-6-3-4-7-16(15)13-21(17)19/h3-14H,1-2H3. The summed E-state index contributed by atoms with van der Waals surface area (Å²) >= 11 is 0. The molecule has 0 amide bonds. The summed E-state index contributed by atoms with van der Waals surface area (Å²) in [6, 6.07) is 24.4. The predicted octanol–water partition coefficient (Wildman–Crippen LogP) is 6.27. The molecule has 0 N–H and O–H groups in total. The van der Waals surface area contributed by atoms with Crippen molar-refractivity contribution in [2.75, 3.05) is 0 Å². The van der Waals surface area contributed by atoms with Crippen molar-refractivity contribution >= 4 is 32.3 Å². The summed E-state index contributed by atoms with van der Waals surface area (Å²) in [6.07, 6.45) is 0. The van der Waals surface area contributed by atoms with E-state index in [2.05, 4.69) is 80.6 Å². The molecular weight excluding hydrogens is 252 g/mol. The second-order valence-electron chi connectivity index (χ2n) is 6.08. The summed E-state index contributed by atoms with van der Waals surface area (Å²) in [5, 5.41) is 8.05. The normalized spacial score (nSPS) is 11.8. The number of hydrogen-bond acceptors (Lipinski definition) is 0. The van der Waals surface area contributed by atoms with Crippen LogP contribution in [-0.4, -0.2) is 0 Å². The Bertz CT molecular complexity index is 961. The molecule has 0 aliphatic rings. The van der Waals surface area contributed by atoms with Crippen molar-refractivity contribution in [1.82, 2.24) is 0 Å². The minimum absolute atomic E-state index is 0.548. The van der Waals surface area contributed by atoms with Crippen LogP contribution in [-0.2, 0) is 0 Å². The highest BCUT2D eigenvalue weighted by Gasteiger charge is 2.08. The van der Waals surface area contributed by atoms with Crippen LogP contribution in [0.15, 0.2) is 66.7 Å². The van der Waals surface area contributed by atoms with Crippen LogP contribution in [0.4, 0.5) is 0 Å². The van der Waals surface area contributed by atoms with E-state index in [0.29, 0.717) is 5.92 Å². The van der Waals surface area contributed by atoms with Gasteiger partial charge in [0.25, 0.3) is 0 Å². The zero-order chi connectivity index (χ0) is 14.4. The predicted molar refractivity (Wildman–Crippen MR) is 93.0 cm³/mol. The van der Waals surface area contributed by atoms with Crippen molar-refractivity contribution in [2.24, 2.45) is 0 Å². The van der Waals surface area contributed by atoms with Gasteiger partial charge in [-0.2, -0.15) is 0 Å². The molecule has 0 spiro atoms. The van der Waals surface area contributed by atoms with Crippen molar-refractivity contribution in [2.45, 2.75) is 19.8 Å². The summed E-state index contributed by atoms with van der Waals surface area (Å²) in [5.41, 5.74) is 1.43. The lowest BCUT2D eigenvalue weighted by Gasteiger charge is -2.12. The topological polar surface area (TPSA) is 0 Å². The highest BCUT2D eigenvalue weighted by atomic mass is 14.1. The molecule has 0 atom stereocenters. The maximum atomic E-state index is 2.33. The summed E-state index contributed by atoms with van der Waals surface area (Å²) in [5.74, 6) is 0.548. The van der Waals surface area contributed by atoms with Crippen molar-refractivity contribution in [3.8, 4) is 0 Å². The molecule has 21 heavy (non-hydrogen) atoms. The van der Waals surface area contributed by atoms with Crippen LogP contribution in [0.1, 0.15) is 25.3 Å². The van der Waals surface area contributed by atoms with E-state index in [1.54, 1.807) is 0 Å². The van der Waals surface area contributed by atoms with Gasteiger partial charge in [-0.15, -0.1) is 0 Å². The zero-order valence-electron chi connectivity index (χ0n) is 12.4. The molecule has 0 aromatic heterocycles.